The molecule has 0 bridgehead atoms. The second kappa shape index (κ2) is 8.76. The number of amides is 1. The molecule has 0 radical (unpaired) electrons. The van der Waals surface area contributed by atoms with Crippen LogP contribution in [0.5, 0.6) is 0 Å². The molecule has 2 aromatic carbocycles. The molecule has 1 saturated carbocycles. The SMILES string of the molecule is O=C(Nc1nc(Cc2ccc(Br)cc2)cs1)C1(Cc2ccc(F)cc2)CCCC1. The molecule has 0 spiro atoms. The number of carbonyl (C=O) groups excluding carboxylic acids is 1. The van der Waals surface area contributed by atoms with Crippen molar-refractivity contribution in [1.29, 1.82) is 0 Å². The van der Waals surface area contributed by atoms with Gasteiger partial charge in [-0.3, -0.25) is 4.79 Å². The summed E-state index contributed by atoms with van der Waals surface area (Å²) in [6, 6.07) is 14.7. The number of hydrogen-bond acceptors (Lipinski definition) is 3. The molecule has 1 amide bonds. The highest BCUT2D eigenvalue weighted by atomic mass is 79.9. The van der Waals surface area contributed by atoms with Crippen LogP contribution in [0.15, 0.2) is 58.4 Å². The van der Waals surface area contributed by atoms with Crippen molar-refractivity contribution in [3.05, 3.63) is 81.0 Å². The number of carbonyl (C=O) groups is 1. The number of hydrogen-bond donors (Lipinski definition) is 1. The molecule has 1 aliphatic rings. The lowest BCUT2D eigenvalue weighted by Gasteiger charge is -2.27. The van der Waals surface area contributed by atoms with E-state index in [9.17, 15) is 9.18 Å². The summed E-state index contributed by atoms with van der Waals surface area (Å²) >= 11 is 4.91. The normalized spacial score (nSPS) is 15.4. The van der Waals surface area contributed by atoms with Gasteiger partial charge in [0.1, 0.15) is 5.82 Å². The summed E-state index contributed by atoms with van der Waals surface area (Å²) in [4.78, 5) is 17.8. The van der Waals surface area contributed by atoms with Gasteiger partial charge in [-0.1, -0.05) is 53.0 Å². The van der Waals surface area contributed by atoms with Crippen molar-refractivity contribution < 1.29 is 9.18 Å². The number of aromatic nitrogens is 1. The molecule has 29 heavy (non-hydrogen) atoms. The van der Waals surface area contributed by atoms with Crippen LogP contribution in [0, 0.1) is 11.2 Å². The van der Waals surface area contributed by atoms with Gasteiger partial charge in [0, 0.05) is 16.3 Å². The zero-order chi connectivity index (χ0) is 20.3. The number of halogens is 2. The van der Waals surface area contributed by atoms with Crippen LogP contribution in [-0.2, 0) is 17.6 Å². The lowest BCUT2D eigenvalue weighted by molar-refractivity contribution is -0.125. The number of nitrogens with zero attached hydrogens (tertiary/aromatic N) is 1. The highest BCUT2D eigenvalue weighted by Crippen LogP contribution is 2.42. The lowest BCUT2D eigenvalue weighted by atomic mass is 9.79. The minimum Gasteiger partial charge on any atom is -0.301 e. The summed E-state index contributed by atoms with van der Waals surface area (Å²) < 4.78 is 14.3. The largest absolute Gasteiger partial charge is 0.301 e. The van der Waals surface area contributed by atoms with E-state index in [1.165, 1.54) is 29.0 Å². The molecule has 6 heteroatoms. The van der Waals surface area contributed by atoms with E-state index in [2.05, 4.69) is 38.4 Å². The fourth-order valence-electron chi connectivity index (χ4n) is 4.02. The van der Waals surface area contributed by atoms with Gasteiger partial charge in [0.05, 0.1) is 11.1 Å². The van der Waals surface area contributed by atoms with Crippen LogP contribution in [0.4, 0.5) is 9.52 Å². The summed E-state index contributed by atoms with van der Waals surface area (Å²) in [6.07, 6.45) is 5.17. The maximum Gasteiger partial charge on any atom is 0.232 e. The van der Waals surface area contributed by atoms with E-state index < -0.39 is 5.41 Å². The first-order chi connectivity index (χ1) is 14.0. The van der Waals surface area contributed by atoms with Crippen molar-refractivity contribution in [2.75, 3.05) is 5.32 Å². The van der Waals surface area contributed by atoms with Crippen LogP contribution in [0.1, 0.15) is 42.5 Å². The Morgan fingerprint density at radius 1 is 1.07 bits per heavy atom. The van der Waals surface area contributed by atoms with E-state index in [0.717, 1.165) is 47.8 Å². The molecular weight excluding hydrogens is 451 g/mol. The van der Waals surface area contributed by atoms with Gasteiger partial charge >= 0.3 is 0 Å². The molecule has 3 nitrogen and oxygen atoms in total. The van der Waals surface area contributed by atoms with E-state index in [-0.39, 0.29) is 11.7 Å². The molecule has 4 rings (SSSR count). The van der Waals surface area contributed by atoms with Gasteiger partial charge in [-0.25, -0.2) is 9.37 Å². The third-order valence-corrected chi connectivity index (χ3v) is 6.90. The van der Waals surface area contributed by atoms with Gasteiger partial charge in [0.25, 0.3) is 0 Å². The van der Waals surface area contributed by atoms with Crippen LogP contribution >= 0.6 is 27.3 Å². The Hall–Kier alpha value is -2.05. The molecular formula is C23H22BrFN2OS. The molecule has 0 aliphatic heterocycles. The van der Waals surface area contributed by atoms with Crippen LogP contribution < -0.4 is 5.32 Å². The predicted molar refractivity (Wildman–Crippen MR) is 119 cm³/mol. The summed E-state index contributed by atoms with van der Waals surface area (Å²) in [5.74, 6) is -0.219. The first-order valence-corrected chi connectivity index (χ1v) is 11.4. The van der Waals surface area contributed by atoms with Crippen LogP contribution in [-0.4, -0.2) is 10.9 Å². The molecule has 1 fully saturated rings. The smallest absolute Gasteiger partial charge is 0.232 e. The average molecular weight is 473 g/mol. The number of rotatable bonds is 6. The highest BCUT2D eigenvalue weighted by molar-refractivity contribution is 9.10. The lowest BCUT2D eigenvalue weighted by Crippen LogP contribution is -2.35. The number of nitrogens with one attached hydrogen (secondary N) is 1. The highest BCUT2D eigenvalue weighted by Gasteiger charge is 2.41. The summed E-state index contributed by atoms with van der Waals surface area (Å²) in [5.41, 5.74) is 2.69. The number of thiazole rings is 1. The van der Waals surface area contributed by atoms with E-state index in [1.807, 2.05) is 17.5 Å². The molecule has 1 aliphatic carbocycles. The summed E-state index contributed by atoms with van der Waals surface area (Å²) in [7, 11) is 0. The van der Waals surface area contributed by atoms with Crippen molar-refractivity contribution in [2.45, 2.75) is 38.5 Å². The van der Waals surface area contributed by atoms with Gasteiger partial charge in [-0.05, 0) is 54.7 Å². The minimum absolute atomic E-state index is 0.0314. The Kier molecular flexibility index (Phi) is 6.11. The van der Waals surface area contributed by atoms with Crippen LogP contribution in [0.25, 0.3) is 0 Å². The third-order valence-electron chi connectivity index (χ3n) is 5.57. The quantitative estimate of drug-likeness (QED) is 0.452. The van der Waals surface area contributed by atoms with E-state index in [0.29, 0.717) is 11.6 Å². The second-order valence-corrected chi connectivity index (χ2v) is 9.47. The van der Waals surface area contributed by atoms with Crippen molar-refractivity contribution in [1.82, 2.24) is 4.98 Å². The molecule has 0 unspecified atom stereocenters. The second-order valence-electron chi connectivity index (χ2n) is 7.69. The predicted octanol–water partition coefficient (Wildman–Crippen LogP) is 6.38. The molecule has 1 heterocycles. The Morgan fingerprint density at radius 2 is 1.72 bits per heavy atom. The summed E-state index contributed by atoms with van der Waals surface area (Å²) in [6.45, 7) is 0. The molecule has 3 aromatic rings. The third kappa shape index (κ3) is 4.93. The molecule has 0 saturated heterocycles. The maximum atomic E-state index is 13.2. The van der Waals surface area contributed by atoms with E-state index in [1.54, 1.807) is 12.1 Å². The number of anilines is 1. The van der Waals surface area contributed by atoms with Crippen LogP contribution in [0.3, 0.4) is 0 Å². The Bertz CT molecular complexity index is 979. The first kappa shape index (κ1) is 20.2. The number of benzene rings is 2. The Morgan fingerprint density at radius 3 is 2.41 bits per heavy atom. The summed E-state index contributed by atoms with van der Waals surface area (Å²) in [5, 5.41) is 5.70. The topological polar surface area (TPSA) is 42.0 Å². The van der Waals surface area contributed by atoms with Crippen molar-refractivity contribution >= 4 is 38.3 Å². The standard InChI is InChI=1S/C23H22BrFN2OS/c24-18-7-3-16(4-8-18)13-20-15-29-22(26-20)27-21(28)23(11-1-2-12-23)14-17-5-9-19(25)10-6-17/h3-10,15H,1-2,11-14H2,(H,26,27,28). The van der Waals surface area contributed by atoms with Gasteiger partial charge < -0.3 is 5.32 Å². The van der Waals surface area contributed by atoms with Crippen molar-refractivity contribution in [3.8, 4) is 0 Å². The minimum atomic E-state index is -0.435. The first-order valence-electron chi connectivity index (χ1n) is 9.77. The molecule has 150 valence electrons. The van der Waals surface area contributed by atoms with Gasteiger partial charge in [-0.15, -0.1) is 11.3 Å². The van der Waals surface area contributed by atoms with Gasteiger partial charge in [0.15, 0.2) is 5.13 Å². The van der Waals surface area contributed by atoms with Crippen molar-refractivity contribution in [3.63, 3.8) is 0 Å². The molecule has 1 N–H and O–H groups in total. The van der Waals surface area contributed by atoms with Crippen LogP contribution in [0.2, 0.25) is 0 Å². The molecule has 1 aromatic heterocycles. The average Bonchev–Trinajstić information content (AvgIpc) is 3.36. The zero-order valence-electron chi connectivity index (χ0n) is 16.0. The fourth-order valence-corrected chi connectivity index (χ4v) is 4.99. The fraction of sp³-hybridized carbons (Fsp3) is 0.304. The monoisotopic (exact) mass is 472 g/mol. The van der Waals surface area contributed by atoms with Crippen molar-refractivity contribution in [2.24, 2.45) is 5.41 Å². The van der Waals surface area contributed by atoms with Gasteiger partial charge in [-0.2, -0.15) is 0 Å². The van der Waals surface area contributed by atoms with Gasteiger partial charge in [0.2, 0.25) is 5.91 Å². The van der Waals surface area contributed by atoms with E-state index >= 15 is 0 Å². The molecule has 0 atom stereocenters. The Labute approximate surface area is 182 Å². The van der Waals surface area contributed by atoms with E-state index in [4.69, 9.17) is 0 Å². The Balaban J connectivity index is 1.45. The zero-order valence-corrected chi connectivity index (χ0v) is 18.4. The maximum absolute atomic E-state index is 13.2.